The number of azo groups is 1. The van der Waals surface area contributed by atoms with Crippen molar-refractivity contribution in [3.63, 3.8) is 0 Å². The Labute approximate surface area is 189 Å². The van der Waals surface area contributed by atoms with Crippen LogP contribution in [-0.2, 0) is 10.4 Å². The topological polar surface area (TPSA) is 76.5 Å². The summed E-state index contributed by atoms with van der Waals surface area (Å²) in [6, 6.07) is 16.3. The van der Waals surface area contributed by atoms with Crippen LogP contribution in [0.5, 0.6) is 0 Å². The third-order valence-corrected chi connectivity index (χ3v) is 7.27. The molecule has 5 heterocycles. The van der Waals surface area contributed by atoms with E-state index >= 15 is 0 Å². The molecule has 0 amide bonds. The summed E-state index contributed by atoms with van der Waals surface area (Å²) >= 11 is 1.62. The van der Waals surface area contributed by atoms with Crippen LogP contribution in [0.3, 0.4) is 0 Å². The Bertz CT molecular complexity index is 1320. The predicted molar refractivity (Wildman–Crippen MR) is 125 cm³/mol. The van der Waals surface area contributed by atoms with Crippen LogP contribution in [0.25, 0.3) is 27.3 Å². The van der Waals surface area contributed by atoms with Gasteiger partial charge in [-0.15, -0.1) is 21.6 Å². The van der Waals surface area contributed by atoms with Gasteiger partial charge < -0.3 is 4.74 Å². The number of aliphatic imine (C=N–C) groups is 1. The monoisotopic (exact) mass is 442 g/mol. The fourth-order valence-electron chi connectivity index (χ4n) is 4.56. The predicted octanol–water partition coefficient (Wildman–Crippen LogP) is 5.65. The molecule has 2 aliphatic heterocycles. The quantitative estimate of drug-likeness (QED) is 0.410. The maximum absolute atomic E-state index is 6.20. The molecule has 8 heteroatoms. The average Bonchev–Trinajstić information content (AvgIpc) is 3.57. The minimum absolute atomic E-state index is 0.153. The molecular formula is C24H22N6OS. The number of benzene rings is 1. The lowest BCUT2D eigenvalue weighted by atomic mass is 9.93. The molecule has 1 fully saturated rings. The van der Waals surface area contributed by atoms with E-state index in [-0.39, 0.29) is 6.10 Å². The molecule has 7 nitrogen and oxygen atoms in total. The van der Waals surface area contributed by atoms with E-state index in [0.29, 0.717) is 0 Å². The largest absolute Gasteiger partial charge is 0.373 e. The molecule has 2 atom stereocenters. The van der Waals surface area contributed by atoms with Crippen LogP contribution in [0.15, 0.2) is 69.9 Å². The molecular weight excluding hydrogens is 420 g/mol. The summed E-state index contributed by atoms with van der Waals surface area (Å²) in [6.07, 6.45) is 6.41. The number of rotatable bonds is 4. The zero-order valence-corrected chi connectivity index (χ0v) is 18.5. The van der Waals surface area contributed by atoms with Gasteiger partial charge >= 0.3 is 0 Å². The number of thiazole rings is 1. The van der Waals surface area contributed by atoms with E-state index in [9.17, 15) is 0 Å². The fraction of sp³-hybridized carbons (Fsp3) is 0.292. The maximum atomic E-state index is 6.20. The Morgan fingerprint density at radius 3 is 2.75 bits per heavy atom. The molecule has 0 aliphatic carbocycles. The second kappa shape index (κ2) is 7.72. The summed E-state index contributed by atoms with van der Waals surface area (Å²) in [5.74, 6) is 0. The summed E-state index contributed by atoms with van der Waals surface area (Å²) in [4.78, 5) is 10.9. The Morgan fingerprint density at radius 2 is 1.97 bits per heavy atom. The molecule has 1 aromatic carbocycles. The first kappa shape index (κ1) is 19.5. The molecule has 4 aromatic rings. The third-order valence-electron chi connectivity index (χ3n) is 6.08. The van der Waals surface area contributed by atoms with Crippen molar-refractivity contribution >= 4 is 23.2 Å². The number of hydrogen-bond acceptors (Lipinski definition) is 7. The number of fused-ring (bicyclic) bond motifs is 1. The Kier molecular flexibility index (Phi) is 4.69. The van der Waals surface area contributed by atoms with Gasteiger partial charge in [-0.05, 0) is 38.3 Å². The summed E-state index contributed by atoms with van der Waals surface area (Å²) < 4.78 is 8.10. The molecule has 0 saturated carbocycles. The van der Waals surface area contributed by atoms with E-state index < -0.39 is 5.66 Å². The van der Waals surface area contributed by atoms with E-state index in [4.69, 9.17) is 19.8 Å². The molecule has 1 saturated heterocycles. The maximum Gasteiger partial charge on any atom is 0.234 e. The highest BCUT2D eigenvalue weighted by atomic mass is 32.1. The number of aromatic nitrogens is 3. The summed E-state index contributed by atoms with van der Waals surface area (Å²) in [5, 5.41) is 14.4. The van der Waals surface area contributed by atoms with Gasteiger partial charge in [0.15, 0.2) is 0 Å². The Hall–Kier alpha value is -3.23. The lowest BCUT2D eigenvalue weighted by molar-refractivity contribution is -0.0305. The molecule has 0 N–H and O–H groups in total. The van der Waals surface area contributed by atoms with E-state index in [1.807, 2.05) is 48.0 Å². The zero-order valence-electron chi connectivity index (χ0n) is 17.7. The molecule has 32 heavy (non-hydrogen) atoms. The van der Waals surface area contributed by atoms with Crippen molar-refractivity contribution in [3.05, 3.63) is 65.3 Å². The molecule has 2 aliphatic rings. The number of pyridine rings is 1. The van der Waals surface area contributed by atoms with Gasteiger partial charge in [-0.3, -0.25) is 0 Å². The molecule has 0 radical (unpaired) electrons. The molecule has 0 bridgehead atoms. The lowest BCUT2D eigenvalue weighted by Gasteiger charge is -2.33. The van der Waals surface area contributed by atoms with Crippen molar-refractivity contribution < 1.29 is 4.74 Å². The summed E-state index contributed by atoms with van der Waals surface area (Å²) in [7, 11) is 0. The molecule has 3 aromatic heterocycles. The van der Waals surface area contributed by atoms with Crippen LogP contribution >= 0.6 is 11.3 Å². The number of aryl methyl sites for hydroxylation is 1. The van der Waals surface area contributed by atoms with Crippen LogP contribution in [0, 0.1) is 6.92 Å². The second-order valence-electron chi connectivity index (χ2n) is 8.10. The molecule has 6 rings (SSSR count). The summed E-state index contributed by atoms with van der Waals surface area (Å²) in [6.45, 7) is 2.75. The zero-order chi connectivity index (χ0) is 21.5. The van der Waals surface area contributed by atoms with Gasteiger partial charge in [0.05, 0.1) is 27.3 Å². The molecule has 160 valence electrons. The van der Waals surface area contributed by atoms with Crippen molar-refractivity contribution in [2.24, 2.45) is 15.2 Å². The van der Waals surface area contributed by atoms with Gasteiger partial charge in [0.25, 0.3) is 0 Å². The third kappa shape index (κ3) is 3.02. The van der Waals surface area contributed by atoms with E-state index in [1.165, 1.54) is 0 Å². The second-order valence-corrected chi connectivity index (χ2v) is 9.09. The van der Waals surface area contributed by atoms with Crippen LogP contribution in [0.4, 0.5) is 0 Å². The lowest BCUT2D eigenvalue weighted by Crippen LogP contribution is -2.39. The van der Waals surface area contributed by atoms with Gasteiger partial charge in [-0.1, -0.05) is 36.4 Å². The number of nitrogens with zero attached hydrogens (tertiary/aromatic N) is 6. The Balaban J connectivity index is 1.59. The minimum Gasteiger partial charge on any atom is -0.373 e. The first-order valence-corrected chi connectivity index (χ1v) is 11.7. The number of ether oxygens (including phenoxy) is 1. The van der Waals surface area contributed by atoms with Gasteiger partial charge in [-0.2, -0.15) is 5.10 Å². The first-order valence-electron chi connectivity index (χ1n) is 10.8. The molecule has 2 unspecified atom stereocenters. The van der Waals surface area contributed by atoms with Crippen molar-refractivity contribution in [1.29, 1.82) is 0 Å². The smallest absolute Gasteiger partial charge is 0.234 e. The van der Waals surface area contributed by atoms with Crippen LogP contribution in [0.1, 0.15) is 29.8 Å². The normalized spacial score (nSPS) is 22.7. The van der Waals surface area contributed by atoms with Crippen molar-refractivity contribution in [1.82, 2.24) is 14.6 Å². The van der Waals surface area contributed by atoms with Crippen LogP contribution < -0.4 is 0 Å². The average molecular weight is 443 g/mol. The van der Waals surface area contributed by atoms with Gasteiger partial charge in [0.2, 0.25) is 5.66 Å². The van der Waals surface area contributed by atoms with Crippen LogP contribution in [0.2, 0.25) is 0 Å². The molecule has 0 spiro atoms. The fourth-order valence-corrected chi connectivity index (χ4v) is 5.88. The first-order chi connectivity index (χ1) is 15.8. The highest BCUT2D eigenvalue weighted by Crippen LogP contribution is 2.48. The SMILES string of the molecule is Cc1nn2ccccc2c1-c1nc(-c2ccccc2)c(C2(C3CCCCO3)N=CN=N2)s1. The van der Waals surface area contributed by atoms with E-state index in [1.54, 1.807) is 17.7 Å². The van der Waals surface area contributed by atoms with E-state index in [2.05, 4.69) is 28.4 Å². The number of hydrogen-bond donors (Lipinski definition) is 0. The van der Waals surface area contributed by atoms with Gasteiger partial charge in [0.1, 0.15) is 17.5 Å². The Morgan fingerprint density at radius 1 is 1.09 bits per heavy atom. The van der Waals surface area contributed by atoms with Crippen molar-refractivity contribution in [2.45, 2.75) is 38.0 Å². The van der Waals surface area contributed by atoms with Crippen molar-refractivity contribution in [3.8, 4) is 21.8 Å². The van der Waals surface area contributed by atoms with Gasteiger partial charge in [0, 0.05) is 18.4 Å². The highest BCUT2D eigenvalue weighted by Gasteiger charge is 2.48. The summed E-state index contributed by atoms with van der Waals surface area (Å²) in [5.41, 5.74) is 4.04. The van der Waals surface area contributed by atoms with Crippen molar-refractivity contribution in [2.75, 3.05) is 6.61 Å². The van der Waals surface area contributed by atoms with E-state index in [0.717, 1.165) is 63.8 Å². The standard InChI is InChI=1S/C24H22N6OS/c1-16-20(18-11-5-7-13-30(18)28-16)23-27-21(17-9-3-2-4-10-17)22(32-23)24(25-15-26-29-24)19-12-6-8-14-31-19/h2-5,7,9-11,13,15,19H,6,8,12,14H2,1H3. The van der Waals surface area contributed by atoms with Crippen LogP contribution in [-0.4, -0.2) is 33.6 Å². The minimum atomic E-state index is -0.890. The highest BCUT2D eigenvalue weighted by molar-refractivity contribution is 7.15. The van der Waals surface area contributed by atoms with Gasteiger partial charge in [-0.25, -0.2) is 14.5 Å².